The number of rotatable bonds is 1. The van der Waals surface area contributed by atoms with Gasteiger partial charge in [0.05, 0.1) is 12.3 Å². The third-order valence-corrected chi connectivity index (χ3v) is 2.48. The first kappa shape index (κ1) is 10.5. The fraction of sp³-hybridized carbons (Fsp3) is 0.0909. The van der Waals surface area contributed by atoms with Crippen LogP contribution in [-0.2, 0) is 7.05 Å². The number of aromatic hydroxyl groups is 1. The molecule has 0 unspecified atom stereocenters. The van der Waals surface area contributed by atoms with E-state index in [9.17, 15) is 5.11 Å². The van der Waals surface area contributed by atoms with Gasteiger partial charge in [-0.1, -0.05) is 11.6 Å². The van der Waals surface area contributed by atoms with Crippen molar-refractivity contribution in [2.24, 2.45) is 7.05 Å². The molecule has 0 amide bonds. The van der Waals surface area contributed by atoms with Crippen LogP contribution in [0.2, 0.25) is 5.02 Å². The van der Waals surface area contributed by atoms with E-state index in [2.05, 4.69) is 9.94 Å². The Labute approximate surface area is 97.5 Å². The summed E-state index contributed by atoms with van der Waals surface area (Å²) in [6.45, 7) is 7.06. The zero-order valence-corrected chi connectivity index (χ0v) is 9.23. The first-order chi connectivity index (χ1) is 7.63. The van der Waals surface area contributed by atoms with Gasteiger partial charge >= 0.3 is 0 Å². The SMILES string of the molecule is [C-]#[N+]c1c(O)cc(Cl)cc1-c1ccnn1C. The maximum atomic E-state index is 9.63. The maximum absolute atomic E-state index is 9.63. The molecule has 0 aliphatic heterocycles. The summed E-state index contributed by atoms with van der Waals surface area (Å²) >= 11 is 5.86. The molecule has 2 aromatic rings. The van der Waals surface area contributed by atoms with Gasteiger partial charge in [-0.05, 0) is 18.2 Å². The lowest BCUT2D eigenvalue weighted by Gasteiger charge is -2.07. The molecule has 0 aliphatic rings. The molecule has 0 atom stereocenters. The zero-order valence-electron chi connectivity index (χ0n) is 8.48. The van der Waals surface area contributed by atoms with Crippen LogP contribution in [0.4, 0.5) is 5.69 Å². The molecule has 0 spiro atoms. The molecular weight excluding hydrogens is 226 g/mol. The molecule has 1 heterocycles. The van der Waals surface area contributed by atoms with Crippen molar-refractivity contribution in [2.75, 3.05) is 0 Å². The van der Waals surface area contributed by atoms with Gasteiger partial charge < -0.3 is 5.11 Å². The largest absolute Gasteiger partial charge is 0.519 e. The van der Waals surface area contributed by atoms with Gasteiger partial charge in [0.25, 0.3) is 0 Å². The molecule has 1 aromatic carbocycles. The minimum atomic E-state index is -0.112. The molecule has 80 valence electrons. The number of hydrogen-bond acceptors (Lipinski definition) is 2. The molecule has 0 aliphatic carbocycles. The Morgan fingerprint density at radius 3 is 2.81 bits per heavy atom. The summed E-state index contributed by atoms with van der Waals surface area (Å²) in [5, 5.41) is 14.0. The highest BCUT2D eigenvalue weighted by atomic mass is 35.5. The smallest absolute Gasteiger partial charge is 0.237 e. The van der Waals surface area contributed by atoms with Crippen LogP contribution in [0, 0.1) is 6.57 Å². The lowest BCUT2D eigenvalue weighted by atomic mass is 10.1. The van der Waals surface area contributed by atoms with E-state index >= 15 is 0 Å². The normalized spacial score (nSPS) is 10.1. The van der Waals surface area contributed by atoms with Gasteiger partial charge in [-0.25, -0.2) is 4.85 Å². The van der Waals surface area contributed by atoms with Crippen LogP contribution in [0.5, 0.6) is 5.75 Å². The highest BCUT2D eigenvalue weighted by Gasteiger charge is 2.13. The van der Waals surface area contributed by atoms with E-state index in [1.165, 1.54) is 6.07 Å². The second-order valence-electron chi connectivity index (χ2n) is 3.27. The van der Waals surface area contributed by atoms with Gasteiger partial charge in [0.2, 0.25) is 5.69 Å². The summed E-state index contributed by atoms with van der Waals surface area (Å²) in [5.74, 6) is -0.112. The van der Waals surface area contributed by atoms with Gasteiger partial charge in [0, 0.05) is 23.8 Å². The van der Waals surface area contributed by atoms with Crippen molar-refractivity contribution in [3.63, 3.8) is 0 Å². The summed E-state index contributed by atoms with van der Waals surface area (Å²) in [7, 11) is 1.76. The second kappa shape index (κ2) is 3.87. The van der Waals surface area contributed by atoms with Crippen molar-refractivity contribution in [1.29, 1.82) is 0 Å². The number of halogens is 1. The molecule has 0 saturated heterocycles. The number of hydrogen-bond donors (Lipinski definition) is 1. The number of nitrogens with zero attached hydrogens (tertiary/aromatic N) is 3. The Bertz CT molecular complexity index is 583. The van der Waals surface area contributed by atoms with E-state index in [1.807, 2.05) is 0 Å². The van der Waals surface area contributed by atoms with Crippen LogP contribution in [0.15, 0.2) is 24.4 Å². The first-order valence-electron chi connectivity index (χ1n) is 4.52. The predicted octanol–water partition coefficient (Wildman–Crippen LogP) is 3.00. The Kier molecular flexibility index (Phi) is 2.55. The van der Waals surface area contributed by atoms with E-state index in [0.29, 0.717) is 10.6 Å². The van der Waals surface area contributed by atoms with Crippen LogP contribution in [0.1, 0.15) is 0 Å². The van der Waals surface area contributed by atoms with Gasteiger partial charge in [0.1, 0.15) is 5.75 Å². The highest BCUT2D eigenvalue weighted by Crippen LogP contribution is 2.39. The lowest BCUT2D eigenvalue weighted by Crippen LogP contribution is -1.93. The summed E-state index contributed by atoms with van der Waals surface area (Å²) in [4.78, 5) is 3.31. The van der Waals surface area contributed by atoms with Gasteiger partial charge in [-0.2, -0.15) is 5.10 Å². The summed E-state index contributed by atoms with van der Waals surface area (Å²) in [5.41, 5.74) is 1.51. The van der Waals surface area contributed by atoms with E-state index in [4.69, 9.17) is 18.2 Å². The van der Waals surface area contributed by atoms with Gasteiger partial charge in [-0.15, -0.1) is 0 Å². The Morgan fingerprint density at radius 1 is 1.50 bits per heavy atom. The van der Waals surface area contributed by atoms with Gasteiger partial charge in [0.15, 0.2) is 0 Å². The van der Waals surface area contributed by atoms with E-state index in [0.717, 1.165) is 5.69 Å². The second-order valence-corrected chi connectivity index (χ2v) is 3.71. The minimum Gasteiger partial charge on any atom is -0.519 e. The van der Waals surface area contributed by atoms with Crippen molar-refractivity contribution in [3.05, 3.63) is 40.8 Å². The number of phenols is 1. The Morgan fingerprint density at radius 2 is 2.25 bits per heavy atom. The van der Waals surface area contributed by atoms with E-state index in [-0.39, 0.29) is 11.4 Å². The van der Waals surface area contributed by atoms with Gasteiger partial charge in [-0.3, -0.25) is 4.68 Å². The molecule has 0 saturated carbocycles. The van der Waals surface area contributed by atoms with Crippen molar-refractivity contribution in [2.45, 2.75) is 0 Å². The van der Waals surface area contributed by atoms with Crippen molar-refractivity contribution in [3.8, 4) is 17.0 Å². The van der Waals surface area contributed by atoms with Crippen molar-refractivity contribution in [1.82, 2.24) is 9.78 Å². The molecule has 0 fully saturated rings. The highest BCUT2D eigenvalue weighted by molar-refractivity contribution is 6.31. The molecule has 1 N–H and O–H groups in total. The molecule has 4 nitrogen and oxygen atoms in total. The predicted molar refractivity (Wildman–Crippen MR) is 61.6 cm³/mol. The summed E-state index contributed by atoms with van der Waals surface area (Å²) < 4.78 is 1.62. The molecule has 1 aromatic heterocycles. The maximum Gasteiger partial charge on any atom is 0.237 e. The van der Waals surface area contributed by atoms with Crippen LogP contribution in [-0.4, -0.2) is 14.9 Å². The molecule has 16 heavy (non-hydrogen) atoms. The number of phenolic OH excluding ortho intramolecular Hbond substituents is 1. The fourth-order valence-electron chi connectivity index (χ4n) is 1.54. The molecule has 2 rings (SSSR count). The average molecular weight is 234 g/mol. The fourth-order valence-corrected chi connectivity index (χ4v) is 1.75. The third kappa shape index (κ3) is 1.62. The van der Waals surface area contributed by atoms with Crippen molar-refractivity contribution < 1.29 is 5.11 Å². The Hall–Kier alpha value is -1.99. The molecule has 0 radical (unpaired) electrons. The minimum absolute atomic E-state index is 0.112. The van der Waals surface area contributed by atoms with Crippen molar-refractivity contribution >= 4 is 17.3 Å². The monoisotopic (exact) mass is 233 g/mol. The molecular formula is C11H8ClN3O. The van der Waals surface area contributed by atoms with Crippen LogP contribution < -0.4 is 0 Å². The lowest BCUT2D eigenvalue weighted by molar-refractivity contribution is 0.478. The number of aryl methyl sites for hydroxylation is 1. The summed E-state index contributed by atoms with van der Waals surface area (Å²) in [6, 6.07) is 4.76. The first-order valence-corrected chi connectivity index (χ1v) is 4.89. The van der Waals surface area contributed by atoms with Crippen LogP contribution >= 0.6 is 11.6 Å². The Balaban J connectivity index is 2.75. The average Bonchev–Trinajstić information content (AvgIpc) is 2.63. The number of aromatic nitrogens is 2. The topological polar surface area (TPSA) is 42.4 Å². The van der Waals surface area contributed by atoms with Crippen LogP contribution in [0.3, 0.4) is 0 Å². The quantitative estimate of drug-likeness (QED) is 0.770. The molecule has 5 heteroatoms. The molecule has 0 bridgehead atoms. The summed E-state index contributed by atoms with van der Waals surface area (Å²) in [6.07, 6.45) is 1.63. The number of benzene rings is 1. The standard InChI is InChI=1S/C11H8ClN3O/c1-13-11-8(5-7(12)6-10(11)16)9-3-4-14-15(9)2/h3-6,16H,2H3. The zero-order chi connectivity index (χ0) is 11.7. The third-order valence-electron chi connectivity index (χ3n) is 2.26. The van der Waals surface area contributed by atoms with E-state index < -0.39 is 0 Å². The van der Waals surface area contributed by atoms with E-state index in [1.54, 1.807) is 30.1 Å². The van der Waals surface area contributed by atoms with Crippen LogP contribution in [0.25, 0.3) is 16.1 Å².